The molecule has 3 heteroatoms. The molecule has 0 radical (unpaired) electrons. The zero-order valence-corrected chi connectivity index (χ0v) is 11.9. The molecule has 2 rings (SSSR count). The van der Waals surface area contributed by atoms with Crippen molar-refractivity contribution in [3.63, 3.8) is 0 Å². The summed E-state index contributed by atoms with van der Waals surface area (Å²) in [5.41, 5.74) is 1.83. The molecule has 1 aromatic carbocycles. The van der Waals surface area contributed by atoms with Crippen molar-refractivity contribution in [2.45, 2.75) is 26.3 Å². The van der Waals surface area contributed by atoms with Crippen LogP contribution in [0, 0.1) is 0 Å². The molecule has 0 saturated heterocycles. The van der Waals surface area contributed by atoms with Gasteiger partial charge in [-0.2, -0.15) is 0 Å². The average molecular weight is 259 g/mol. The lowest BCUT2D eigenvalue weighted by Crippen LogP contribution is -2.47. The van der Waals surface area contributed by atoms with Gasteiger partial charge in [0.2, 0.25) is 0 Å². The van der Waals surface area contributed by atoms with E-state index in [-0.39, 0.29) is 14.1 Å². The minimum absolute atomic E-state index is 0.186. The Morgan fingerprint density at radius 3 is 2.50 bits per heavy atom. The number of nitrogens with one attached hydrogen (secondary N) is 1. The average Bonchev–Trinajstić information content (AvgIpc) is 2.28. The van der Waals surface area contributed by atoms with Gasteiger partial charge in [0, 0.05) is 5.70 Å². The highest BCUT2D eigenvalue weighted by Crippen LogP contribution is 2.27. The number of allylic oxidation sites excluding steroid dienone is 3. The van der Waals surface area contributed by atoms with Crippen LogP contribution in [0.2, 0.25) is 0 Å². The van der Waals surface area contributed by atoms with E-state index in [2.05, 4.69) is 11.4 Å². The first-order chi connectivity index (χ1) is 8.49. The predicted molar refractivity (Wildman–Crippen MR) is 78.5 cm³/mol. The summed E-state index contributed by atoms with van der Waals surface area (Å²) in [6, 6.07) is 9.91. The molecule has 18 heavy (non-hydrogen) atoms. The number of hydrogen-bond donors (Lipinski definition) is 1. The number of benzene rings is 1. The van der Waals surface area contributed by atoms with E-state index >= 15 is 0 Å². The summed E-state index contributed by atoms with van der Waals surface area (Å²) in [5.74, 6) is 0. The van der Waals surface area contributed by atoms with Gasteiger partial charge in [-0.25, -0.2) is 0 Å². The lowest BCUT2D eigenvalue weighted by Gasteiger charge is -2.31. The maximum Gasteiger partial charge on any atom is 0.184 e. The van der Waals surface area contributed by atoms with Crippen molar-refractivity contribution in [3.8, 4) is 0 Å². The van der Waals surface area contributed by atoms with Gasteiger partial charge in [0.05, 0.1) is 0 Å². The van der Waals surface area contributed by atoms with Crippen LogP contribution in [-0.2, 0) is 4.79 Å². The number of carbonyl (C=O) groups excluding carboxylic acids is 1. The third kappa shape index (κ3) is 2.88. The summed E-state index contributed by atoms with van der Waals surface area (Å²) >= 11 is 0. The highest BCUT2D eigenvalue weighted by Gasteiger charge is 2.32. The molecule has 0 bridgehead atoms. The monoisotopic (exact) mass is 259 g/mol. The molecule has 0 saturated carbocycles. The molecule has 0 fully saturated rings. The molecule has 0 amide bonds. The van der Waals surface area contributed by atoms with E-state index in [9.17, 15) is 4.79 Å². The largest absolute Gasteiger partial charge is 0.373 e. The van der Waals surface area contributed by atoms with E-state index in [1.807, 2.05) is 57.2 Å². The fourth-order valence-electron chi connectivity index (χ4n) is 2.22. The Kier molecular flexibility index (Phi) is 3.68. The van der Waals surface area contributed by atoms with E-state index in [4.69, 9.17) is 0 Å². The molecule has 2 atom stereocenters. The molecule has 0 spiro atoms. The molecule has 0 aliphatic carbocycles. The van der Waals surface area contributed by atoms with Crippen LogP contribution < -0.4 is 10.6 Å². The van der Waals surface area contributed by atoms with Gasteiger partial charge in [-0.05, 0) is 46.8 Å². The number of dihydropyridines is 1. The van der Waals surface area contributed by atoms with Crippen LogP contribution in [0.1, 0.15) is 20.8 Å². The lowest BCUT2D eigenvalue weighted by atomic mass is 9.96. The lowest BCUT2D eigenvalue weighted by molar-refractivity contribution is -0.114. The quantitative estimate of drug-likeness (QED) is 0.846. The van der Waals surface area contributed by atoms with E-state index in [0.29, 0.717) is 0 Å². The van der Waals surface area contributed by atoms with Gasteiger partial charge < -0.3 is 5.32 Å². The maximum absolute atomic E-state index is 12.5. The Hall–Kier alpha value is -1.40. The van der Waals surface area contributed by atoms with Crippen molar-refractivity contribution >= 4 is 19.4 Å². The summed E-state index contributed by atoms with van der Waals surface area (Å²) in [7, 11) is 0.186. The van der Waals surface area contributed by atoms with E-state index in [1.54, 1.807) is 0 Å². The molecule has 2 nitrogen and oxygen atoms in total. The Morgan fingerprint density at radius 1 is 1.22 bits per heavy atom. The zero-order valence-electron chi connectivity index (χ0n) is 10.9. The third-order valence-corrected chi connectivity index (χ3v) is 4.29. The van der Waals surface area contributed by atoms with Crippen molar-refractivity contribution in [2.24, 2.45) is 0 Å². The fourth-order valence-corrected chi connectivity index (χ4v) is 3.24. The molecule has 1 heterocycles. The molecule has 1 N–H and O–H groups in total. The smallest absolute Gasteiger partial charge is 0.184 e. The van der Waals surface area contributed by atoms with Crippen LogP contribution in [0.5, 0.6) is 0 Å². The molecular weight excluding hydrogens is 241 g/mol. The third-order valence-electron chi connectivity index (χ3n) is 2.92. The Morgan fingerprint density at radius 2 is 1.89 bits per heavy atom. The van der Waals surface area contributed by atoms with Crippen LogP contribution >= 0.6 is 8.58 Å². The summed E-state index contributed by atoms with van der Waals surface area (Å²) in [4.78, 5) is 12.5. The van der Waals surface area contributed by atoms with Crippen LogP contribution in [0.15, 0.2) is 53.8 Å². The standard InChI is InChI=1S/C15H18NOP/c1-11-9-12(2)16-15(3,10-11)14(17)18-13-7-5-4-6-8-13/h4-10,16,18H,1-3H3. The van der Waals surface area contributed by atoms with Gasteiger partial charge in [-0.1, -0.05) is 35.9 Å². The van der Waals surface area contributed by atoms with Gasteiger partial charge in [0.15, 0.2) is 5.52 Å². The molecule has 94 valence electrons. The summed E-state index contributed by atoms with van der Waals surface area (Å²) in [6.07, 6.45) is 4.07. The van der Waals surface area contributed by atoms with Crippen LogP contribution in [0.4, 0.5) is 0 Å². The first-order valence-corrected chi connectivity index (χ1v) is 7.02. The van der Waals surface area contributed by atoms with Crippen molar-refractivity contribution < 1.29 is 4.79 Å². The van der Waals surface area contributed by atoms with Crippen LogP contribution in [0.25, 0.3) is 0 Å². The highest BCUT2D eigenvalue weighted by molar-refractivity contribution is 7.65. The summed E-state index contributed by atoms with van der Waals surface area (Å²) in [5, 5.41) is 4.37. The Labute approximate surface area is 110 Å². The highest BCUT2D eigenvalue weighted by atomic mass is 31.1. The number of hydrogen-bond acceptors (Lipinski definition) is 2. The first kappa shape index (κ1) is 13.0. The summed E-state index contributed by atoms with van der Waals surface area (Å²) < 4.78 is 0. The second-order valence-electron chi connectivity index (χ2n) is 4.86. The second kappa shape index (κ2) is 5.07. The van der Waals surface area contributed by atoms with Gasteiger partial charge in [0.25, 0.3) is 0 Å². The molecular formula is C15H18NOP. The van der Waals surface area contributed by atoms with Crippen molar-refractivity contribution in [2.75, 3.05) is 0 Å². The molecule has 1 aliphatic rings. The van der Waals surface area contributed by atoms with E-state index < -0.39 is 5.54 Å². The topological polar surface area (TPSA) is 29.1 Å². The van der Waals surface area contributed by atoms with Gasteiger partial charge in [0.1, 0.15) is 5.54 Å². The Bertz CT molecular complexity index is 519. The zero-order chi connectivity index (χ0) is 13.2. The Balaban J connectivity index is 2.17. The number of rotatable bonds is 3. The van der Waals surface area contributed by atoms with Gasteiger partial charge in [-0.3, -0.25) is 4.79 Å². The van der Waals surface area contributed by atoms with Crippen molar-refractivity contribution in [1.82, 2.24) is 5.32 Å². The minimum atomic E-state index is -0.572. The number of carbonyl (C=O) groups is 1. The molecule has 1 aromatic rings. The normalized spacial score (nSPS) is 23.5. The van der Waals surface area contributed by atoms with Crippen molar-refractivity contribution in [3.05, 3.63) is 53.8 Å². The minimum Gasteiger partial charge on any atom is -0.373 e. The molecule has 0 aromatic heterocycles. The molecule has 1 aliphatic heterocycles. The molecule has 2 unspecified atom stereocenters. The van der Waals surface area contributed by atoms with E-state index in [1.165, 1.54) is 0 Å². The van der Waals surface area contributed by atoms with E-state index in [0.717, 1.165) is 16.6 Å². The maximum atomic E-state index is 12.5. The fraction of sp³-hybridized carbons (Fsp3) is 0.267. The van der Waals surface area contributed by atoms with Crippen LogP contribution in [-0.4, -0.2) is 11.1 Å². The summed E-state index contributed by atoms with van der Waals surface area (Å²) in [6.45, 7) is 5.97. The van der Waals surface area contributed by atoms with Crippen molar-refractivity contribution in [1.29, 1.82) is 0 Å². The predicted octanol–water partition coefficient (Wildman–Crippen LogP) is 2.73. The van der Waals surface area contributed by atoms with Gasteiger partial charge >= 0.3 is 0 Å². The van der Waals surface area contributed by atoms with Crippen LogP contribution in [0.3, 0.4) is 0 Å². The van der Waals surface area contributed by atoms with Gasteiger partial charge in [-0.15, -0.1) is 0 Å². The first-order valence-electron chi connectivity index (χ1n) is 6.02. The second-order valence-corrected chi connectivity index (χ2v) is 6.14. The SMILES string of the molecule is CC1=CC(C)(C(=O)Pc2ccccc2)NC(C)=C1.